The standard InChI is InChI=1S/C19H27NOSi/c1-22(2,3)14-11-16-17(15-9-5-4-6-10-15)18(16)19(21)20-12-7-8-13-20/h4-6,9-11,14,16-18H,7-8,12-13H2,1-3H3/b14-11+/t16-,17-,18-/m0/s1. The summed E-state index contributed by atoms with van der Waals surface area (Å²) in [7, 11) is -1.21. The maximum Gasteiger partial charge on any atom is 0.226 e. The van der Waals surface area contributed by atoms with Crippen LogP contribution in [0.15, 0.2) is 42.1 Å². The number of amides is 1. The molecule has 0 radical (unpaired) electrons. The van der Waals surface area contributed by atoms with Gasteiger partial charge in [0.05, 0.1) is 14.0 Å². The second-order valence-electron chi connectivity index (χ2n) is 7.80. The zero-order valence-corrected chi connectivity index (χ0v) is 15.0. The number of benzene rings is 1. The fourth-order valence-electron chi connectivity index (χ4n) is 3.55. The van der Waals surface area contributed by atoms with E-state index in [1.54, 1.807) is 0 Å². The molecule has 2 aliphatic rings. The van der Waals surface area contributed by atoms with Gasteiger partial charge in [-0.1, -0.05) is 61.7 Å². The van der Waals surface area contributed by atoms with Crippen LogP contribution in [-0.4, -0.2) is 32.0 Å². The molecule has 0 N–H and O–H groups in total. The number of hydrogen-bond acceptors (Lipinski definition) is 1. The van der Waals surface area contributed by atoms with Gasteiger partial charge in [0, 0.05) is 19.0 Å². The molecule has 22 heavy (non-hydrogen) atoms. The van der Waals surface area contributed by atoms with Gasteiger partial charge in [-0.15, -0.1) is 0 Å². The smallest absolute Gasteiger partial charge is 0.226 e. The Morgan fingerprint density at radius 1 is 1.14 bits per heavy atom. The monoisotopic (exact) mass is 313 g/mol. The normalized spacial score (nSPS) is 28.3. The van der Waals surface area contributed by atoms with Crippen molar-refractivity contribution >= 4 is 14.0 Å². The molecule has 3 heteroatoms. The number of carbonyl (C=O) groups excluding carboxylic acids is 1. The van der Waals surface area contributed by atoms with Crippen LogP contribution in [0.1, 0.15) is 24.3 Å². The van der Waals surface area contributed by atoms with Crippen LogP contribution in [0, 0.1) is 11.8 Å². The molecule has 3 rings (SSSR count). The number of carbonyl (C=O) groups is 1. The van der Waals surface area contributed by atoms with Crippen molar-refractivity contribution in [1.82, 2.24) is 4.90 Å². The zero-order valence-electron chi connectivity index (χ0n) is 14.0. The van der Waals surface area contributed by atoms with Gasteiger partial charge in [-0.3, -0.25) is 4.79 Å². The Bertz CT molecular complexity index is 555. The quantitative estimate of drug-likeness (QED) is 0.767. The van der Waals surface area contributed by atoms with Gasteiger partial charge < -0.3 is 4.90 Å². The third-order valence-corrected chi connectivity index (χ3v) is 5.97. The van der Waals surface area contributed by atoms with Crippen molar-refractivity contribution in [3.8, 4) is 0 Å². The first-order valence-electron chi connectivity index (χ1n) is 8.50. The fourth-order valence-corrected chi connectivity index (χ4v) is 4.34. The summed E-state index contributed by atoms with van der Waals surface area (Å²) in [5.74, 6) is 1.36. The molecular formula is C19H27NOSi. The summed E-state index contributed by atoms with van der Waals surface area (Å²) in [6, 6.07) is 10.6. The SMILES string of the molecule is C[Si](C)(C)/C=C/[C@@H]1[C@H](C(=O)N2CCCC2)[C@H]1c1ccccc1. The predicted octanol–water partition coefficient (Wildman–Crippen LogP) is 4.07. The highest BCUT2D eigenvalue weighted by Crippen LogP contribution is 2.56. The first-order valence-corrected chi connectivity index (χ1v) is 12.1. The van der Waals surface area contributed by atoms with Crippen molar-refractivity contribution in [2.75, 3.05) is 13.1 Å². The second kappa shape index (κ2) is 6.03. The summed E-state index contributed by atoms with van der Waals surface area (Å²) in [4.78, 5) is 14.9. The maximum atomic E-state index is 12.8. The molecule has 0 aromatic heterocycles. The predicted molar refractivity (Wildman–Crippen MR) is 94.5 cm³/mol. The van der Waals surface area contributed by atoms with Crippen molar-refractivity contribution in [3.63, 3.8) is 0 Å². The summed E-state index contributed by atoms with van der Waals surface area (Å²) in [5.41, 5.74) is 3.73. The van der Waals surface area contributed by atoms with Gasteiger partial charge in [0.2, 0.25) is 5.91 Å². The lowest BCUT2D eigenvalue weighted by molar-refractivity contribution is -0.131. The lowest BCUT2D eigenvalue weighted by Crippen LogP contribution is -2.29. The Hall–Kier alpha value is -1.35. The molecule has 2 nitrogen and oxygen atoms in total. The molecule has 1 amide bonds. The van der Waals surface area contributed by atoms with Gasteiger partial charge in [0.15, 0.2) is 0 Å². The summed E-state index contributed by atoms with van der Waals surface area (Å²) < 4.78 is 0. The Labute approximate surface area is 135 Å². The zero-order chi connectivity index (χ0) is 15.7. The largest absolute Gasteiger partial charge is 0.342 e. The van der Waals surface area contributed by atoms with E-state index in [1.807, 2.05) is 0 Å². The number of hydrogen-bond donors (Lipinski definition) is 0. The highest BCUT2D eigenvalue weighted by molar-refractivity contribution is 6.80. The number of nitrogens with zero attached hydrogens (tertiary/aromatic N) is 1. The molecule has 1 saturated carbocycles. The Balaban J connectivity index is 1.79. The summed E-state index contributed by atoms with van der Waals surface area (Å²) >= 11 is 0. The molecule has 118 valence electrons. The third-order valence-electron chi connectivity index (χ3n) is 4.78. The van der Waals surface area contributed by atoms with Crippen molar-refractivity contribution in [3.05, 3.63) is 47.7 Å². The molecule has 1 heterocycles. The minimum Gasteiger partial charge on any atom is -0.342 e. The van der Waals surface area contributed by atoms with Gasteiger partial charge in [0.25, 0.3) is 0 Å². The maximum absolute atomic E-state index is 12.8. The van der Waals surface area contributed by atoms with E-state index in [1.165, 1.54) is 18.4 Å². The van der Waals surface area contributed by atoms with Crippen LogP contribution in [0.25, 0.3) is 0 Å². The van der Waals surface area contributed by atoms with E-state index in [0.29, 0.717) is 17.7 Å². The minimum atomic E-state index is -1.21. The first-order chi connectivity index (χ1) is 10.5. The van der Waals surface area contributed by atoms with Gasteiger partial charge in [-0.2, -0.15) is 0 Å². The molecule has 0 unspecified atom stereocenters. The molecule has 1 aromatic rings. The number of likely N-dealkylation sites (tertiary alicyclic amines) is 1. The topological polar surface area (TPSA) is 20.3 Å². The molecule has 0 spiro atoms. The van der Waals surface area contributed by atoms with E-state index < -0.39 is 8.07 Å². The van der Waals surface area contributed by atoms with Crippen LogP contribution in [0.5, 0.6) is 0 Å². The van der Waals surface area contributed by atoms with E-state index in [0.717, 1.165) is 13.1 Å². The molecule has 1 aromatic carbocycles. The van der Waals surface area contributed by atoms with E-state index in [9.17, 15) is 4.79 Å². The summed E-state index contributed by atoms with van der Waals surface area (Å²) in [6.07, 6.45) is 4.69. The lowest BCUT2D eigenvalue weighted by Gasteiger charge is -2.15. The highest BCUT2D eigenvalue weighted by atomic mass is 28.3. The molecule has 1 aliphatic heterocycles. The van der Waals surface area contributed by atoms with Gasteiger partial charge in [0.1, 0.15) is 0 Å². The third kappa shape index (κ3) is 3.35. The first kappa shape index (κ1) is 15.5. The Morgan fingerprint density at radius 2 is 1.77 bits per heavy atom. The molecular weight excluding hydrogens is 286 g/mol. The van der Waals surface area contributed by atoms with E-state index >= 15 is 0 Å². The molecule has 0 bridgehead atoms. The lowest BCUT2D eigenvalue weighted by atomic mass is 10.1. The highest BCUT2D eigenvalue weighted by Gasteiger charge is 2.55. The molecule has 2 fully saturated rings. The van der Waals surface area contributed by atoms with E-state index in [-0.39, 0.29) is 5.92 Å². The minimum absolute atomic E-state index is 0.174. The molecule has 1 aliphatic carbocycles. The van der Waals surface area contributed by atoms with Crippen molar-refractivity contribution < 1.29 is 4.79 Å². The molecule has 1 saturated heterocycles. The molecule has 3 atom stereocenters. The van der Waals surface area contributed by atoms with Crippen LogP contribution in [0.2, 0.25) is 19.6 Å². The van der Waals surface area contributed by atoms with Crippen LogP contribution in [-0.2, 0) is 4.79 Å². The fraction of sp³-hybridized carbons (Fsp3) is 0.526. The average Bonchev–Trinajstić information content (AvgIpc) is 2.93. The van der Waals surface area contributed by atoms with Crippen LogP contribution >= 0.6 is 0 Å². The van der Waals surface area contributed by atoms with Crippen molar-refractivity contribution in [2.45, 2.75) is 38.4 Å². The van der Waals surface area contributed by atoms with Gasteiger partial charge in [-0.25, -0.2) is 0 Å². The Kier molecular flexibility index (Phi) is 4.26. The number of rotatable bonds is 4. The van der Waals surface area contributed by atoms with E-state index in [2.05, 4.69) is 66.6 Å². The Morgan fingerprint density at radius 3 is 2.36 bits per heavy atom. The second-order valence-corrected chi connectivity index (χ2v) is 12.9. The average molecular weight is 314 g/mol. The van der Waals surface area contributed by atoms with E-state index in [4.69, 9.17) is 0 Å². The van der Waals surface area contributed by atoms with Crippen molar-refractivity contribution in [2.24, 2.45) is 11.8 Å². The van der Waals surface area contributed by atoms with Crippen LogP contribution < -0.4 is 0 Å². The van der Waals surface area contributed by atoms with Crippen LogP contribution in [0.3, 0.4) is 0 Å². The van der Waals surface area contributed by atoms with Gasteiger partial charge >= 0.3 is 0 Å². The summed E-state index contributed by atoms with van der Waals surface area (Å²) in [6.45, 7) is 8.96. The van der Waals surface area contributed by atoms with Crippen LogP contribution in [0.4, 0.5) is 0 Å². The summed E-state index contributed by atoms with van der Waals surface area (Å²) in [5, 5.41) is 0. The number of allylic oxidation sites excluding steroid dienone is 1. The van der Waals surface area contributed by atoms with Crippen molar-refractivity contribution in [1.29, 1.82) is 0 Å². The van der Waals surface area contributed by atoms with Gasteiger partial charge in [-0.05, 0) is 24.3 Å².